The number of hydrogen-bond donors (Lipinski definition) is 1. The molecule has 0 aliphatic rings. The van der Waals surface area contributed by atoms with Crippen LogP contribution in [0.5, 0.6) is 0 Å². The first-order valence-corrected chi connectivity index (χ1v) is 8.72. The third-order valence-corrected chi connectivity index (χ3v) is 4.86. The van der Waals surface area contributed by atoms with Crippen LogP contribution in [-0.2, 0) is 0 Å². The predicted octanol–water partition coefficient (Wildman–Crippen LogP) is 3.84. The molecule has 0 unspecified atom stereocenters. The summed E-state index contributed by atoms with van der Waals surface area (Å²) in [5.41, 5.74) is 11.0. The maximum atomic E-state index is 6.19. The Morgan fingerprint density at radius 2 is 1.80 bits per heavy atom. The lowest BCUT2D eigenvalue weighted by atomic mass is 10.1. The molecule has 0 fully saturated rings. The Labute approximate surface area is 146 Å². The van der Waals surface area contributed by atoms with Gasteiger partial charge in [0.05, 0.1) is 0 Å². The molecule has 0 radical (unpaired) electrons. The van der Waals surface area contributed by atoms with E-state index in [0.717, 1.165) is 57.3 Å². The first kappa shape index (κ1) is 15.6. The van der Waals surface area contributed by atoms with Gasteiger partial charge in [-0.15, -0.1) is 0 Å². The molecule has 0 amide bonds. The van der Waals surface area contributed by atoms with Crippen LogP contribution in [0.25, 0.3) is 33.0 Å². The molecule has 4 aromatic rings. The normalized spacial score (nSPS) is 11.5. The summed E-state index contributed by atoms with van der Waals surface area (Å²) in [6, 6.07) is 14.5. The highest BCUT2D eigenvalue weighted by molar-refractivity contribution is 6.04. The van der Waals surface area contributed by atoms with Gasteiger partial charge in [-0.3, -0.25) is 0 Å². The molecular formula is C21H22N3O+. The lowest BCUT2D eigenvalue weighted by molar-refractivity contribution is 0.627. The third-order valence-electron chi connectivity index (χ3n) is 4.86. The fourth-order valence-electron chi connectivity index (χ4n) is 3.36. The molecule has 1 aromatic heterocycles. The van der Waals surface area contributed by atoms with E-state index >= 15 is 0 Å². The number of anilines is 1. The quantitative estimate of drug-likeness (QED) is 0.263. The zero-order chi connectivity index (χ0) is 17.6. The van der Waals surface area contributed by atoms with Crippen LogP contribution in [-0.4, -0.2) is 18.1 Å². The second-order valence-corrected chi connectivity index (χ2v) is 6.38. The van der Waals surface area contributed by atoms with Crippen molar-refractivity contribution in [3.63, 3.8) is 0 Å². The van der Waals surface area contributed by atoms with Crippen LogP contribution in [0.15, 0.2) is 46.9 Å². The SMILES string of the molecule is CC[N+](CC)=c1ccc2c(ccc3nc4cc(C)c(N)cc4oc32)c1. The van der Waals surface area contributed by atoms with Crippen molar-refractivity contribution >= 4 is 38.7 Å². The smallest absolute Gasteiger partial charge is 0.200 e. The molecule has 0 aliphatic carbocycles. The van der Waals surface area contributed by atoms with Crippen molar-refractivity contribution in [2.75, 3.05) is 18.8 Å². The van der Waals surface area contributed by atoms with Gasteiger partial charge in [0.25, 0.3) is 0 Å². The van der Waals surface area contributed by atoms with E-state index in [4.69, 9.17) is 15.1 Å². The van der Waals surface area contributed by atoms with Gasteiger partial charge in [0.1, 0.15) is 24.1 Å². The van der Waals surface area contributed by atoms with E-state index in [-0.39, 0.29) is 0 Å². The Morgan fingerprint density at radius 1 is 1.00 bits per heavy atom. The number of rotatable bonds is 2. The number of hydrogen-bond acceptors (Lipinski definition) is 3. The summed E-state index contributed by atoms with van der Waals surface area (Å²) in [6.45, 7) is 8.31. The van der Waals surface area contributed by atoms with E-state index in [1.165, 1.54) is 5.36 Å². The Morgan fingerprint density at radius 3 is 2.56 bits per heavy atom. The number of aryl methyl sites for hydroxylation is 1. The standard InChI is InChI=1S/C21H21N3O/c1-4-24(5-2)15-7-8-16-14(11-15)6-9-18-21(16)25-20-12-17(22)13(3)10-19(20)23-18/h6-12,22H,4-5H2,1-3H3/p+1. The zero-order valence-electron chi connectivity index (χ0n) is 14.8. The molecule has 2 N–H and O–H groups in total. The fraction of sp³-hybridized carbons (Fsp3) is 0.238. The van der Waals surface area contributed by atoms with Crippen LogP contribution in [0.2, 0.25) is 0 Å². The molecule has 0 spiro atoms. The van der Waals surface area contributed by atoms with Crippen molar-refractivity contribution in [2.24, 2.45) is 0 Å². The summed E-state index contributed by atoms with van der Waals surface area (Å²) >= 11 is 0. The number of aromatic nitrogens is 1. The number of fused-ring (bicyclic) bond motifs is 4. The van der Waals surface area contributed by atoms with Gasteiger partial charge in [-0.2, -0.15) is 0 Å². The Balaban J connectivity index is 2.07. The molecule has 126 valence electrons. The lowest BCUT2D eigenvalue weighted by Crippen LogP contribution is -2.29. The summed E-state index contributed by atoms with van der Waals surface area (Å²) < 4.78 is 8.53. The minimum absolute atomic E-state index is 0.718. The molecule has 4 rings (SSSR count). The average Bonchev–Trinajstić information content (AvgIpc) is 2.62. The highest BCUT2D eigenvalue weighted by atomic mass is 16.3. The summed E-state index contributed by atoms with van der Waals surface area (Å²) in [6.07, 6.45) is 0. The van der Waals surface area contributed by atoms with Gasteiger partial charge in [-0.25, -0.2) is 9.56 Å². The summed E-state index contributed by atoms with van der Waals surface area (Å²) in [4.78, 5) is 4.76. The monoisotopic (exact) mass is 332 g/mol. The van der Waals surface area contributed by atoms with Gasteiger partial charge in [-0.1, -0.05) is 6.07 Å². The maximum absolute atomic E-state index is 6.19. The number of benzene rings is 3. The second kappa shape index (κ2) is 5.88. The van der Waals surface area contributed by atoms with Crippen LogP contribution in [0.4, 0.5) is 5.69 Å². The minimum Gasteiger partial charge on any atom is -0.452 e. The Bertz CT molecular complexity index is 1180. The van der Waals surface area contributed by atoms with Gasteiger partial charge in [-0.05, 0) is 49.9 Å². The predicted molar refractivity (Wildman–Crippen MR) is 105 cm³/mol. The van der Waals surface area contributed by atoms with Gasteiger partial charge in [0.15, 0.2) is 11.2 Å². The van der Waals surface area contributed by atoms with Crippen molar-refractivity contribution in [2.45, 2.75) is 20.8 Å². The highest BCUT2D eigenvalue weighted by Gasteiger charge is 2.10. The summed E-state index contributed by atoms with van der Waals surface area (Å²) in [7, 11) is 0. The largest absolute Gasteiger partial charge is 0.452 e. The zero-order valence-corrected chi connectivity index (χ0v) is 14.8. The van der Waals surface area contributed by atoms with Gasteiger partial charge >= 0.3 is 0 Å². The number of nitrogens with two attached hydrogens (primary N) is 1. The molecule has 0 saturated carbocycles. The molecule has 4 nitrogen and oxygen atoms in total. The first-order valence-electron chi connectivity index (χ1n) is 8.72. The van der Waals surface area contributed by atoms with Crippen molar-refractivity contribution < 1.29 is 4.42 Å². The number of nitrogens with zero attached hydrogens (tertiary/aromatic N) is 2. The van der Waals surface area contributed by atoms with E-state index in [1.807, 2.05) is 25.1 Å². The Hall–Kier alpha value is -2.88. The lowest BCUT2D eigenvalue weighted by Gasteiger charge is -2.07. The van der Waals surface area contributed by atoms with Crippen molar-refractivity contribution in [1.82, 2.24) is 9.56 Å². The highest BCUT2D eigenvalue weighted by Crippen LogP contribution is 2.28. The maximum Gasteiger partial charge on any atom is 0.200 e. The molecule has 4 heteroatoms. The second-order valence-electron chi connectivity index (χ2n) is 6.38. The average molecular weight is 332 g/mol. The molecule has 0 atom stereocenters. The van der Waals surface area contributed by atoms with Gasteiger partial charge < -0.3 is 10.2 Å². The van der Waals surface area contributed by atoms with Crippen LogP contribution < -0.4 is 15.7 Å². The molecular weight excluding hydrogens is 310 g/mol. The number of nitrogen functional groups attached to an aromatic ring is 1. The van der Waals surface area contributed by atoms with Crippen LogP contribution in [0.1, 0.15) is 19.4 Å². The van der Waals surface area contributed by atoms with Gasteiger partial charge in [0, 0.05) is 29.3 Å². The summed E-state index contributed by atoms with van der Waals surface area (Å²) in [5, 5.41) is 3.45. The molecule has 25 heavy (non-hydrogen) atoms. The van der Waals surface area contributed by atoms with E-state index in [1.54, 1.807) is 0 Å². The van der Waals surface area contributed by atoms with Gasteiger partial charge in [0.2, 0.25) is 5.36 Å². The topological polar surface area (TPSA) is 55.1 Å². The fourth-order valence-corrected chi connectivity index (χ4v) is 3.36. The summed E-state index contributed by atoms with van der Waals surface area (Å²) in [5.74, 6) is 0. The Kier molecular flexibility index (Phi) is 3.68. The van der Waals surface area contributed by atoms with E-state index in [0.29, 0.717) is 0 Å². The van der Waals surface area contributed by atoms with E-state index < -0.39 is 0 Å². The van der Waals surface area contributed by atoms with Crippen molar-refractivity contribution in [3.8, 4) is 0 Å². The molecule has 0 aliphatic heterocycles. The van der Waals surface area contributed by atoms with Crippen LogP contribution in [0, 0.1) is 6.92 Å². The van der Waals surface area contributed by atoms with Crippen LogP contribution in [0.3, 0.4) is 0 Å². The third kappa shape index (κ3) is 2.54. The minimum atomic E-state index is 0.718. The molecule has 1 heterocycles. The van der Waals surface area contributed by atoms with E-state index in [9.17, 15) is 0 Å². The van der Waals surface area contributed by atoms with E-state index in [2.05, 4.69) is 42.7 Å². The molecule has 0 saturated heterocycles. The molecule has 3 aromatic carbocycles. The van der Waals surface area contributed by atoms with Crippen molar-refractivity contribution in [1.29, 1.82) is 0 Å². The van der Waals surface area contributed by atoms with Crippen LogP contribution >= 0.6 is 0 Å². The first-order chi connectivity index (χ1) is 12.1. The molecule has 0 bridgehead atoms. The van der Waals surface area contributed by atoms with Crippen molar-refractivity contribution in [3.05, 3.63) is 53.4 Å².